The van der Waals surface area contributed by atoms with Gasteiger partial charge in [0.25, 0.3) is 0 Å². The maximum absolute atomic E-state index is 9.05. The molecule has 0 atom stereocenters. The number of benzene rings is 7. The zero-order valence-corrected chi connectivity index (χ0v) is 25.9. The predicted molar refractivity (Wildman–Crippen MR) is 201 cm³/mol. The highest BCUT2D eigenvalue weighted by Gasteiger charge is 2.15. The zero-order chi connectivity index (χ0) is 40.4. The quantitative estimate of drug-likeness (QED) is 0.183. The van der Waals surface area contributed by atoms with E-state index in [0.717, 1.165) is 27.8 Å². The van der Waals surface area contributed by atoms with Crippen LogP contribution in [0.2, 0.25) is 0 Å². The van der Waals surface area contributed by atoms with E-state index in [0.29, 0.717) is 45.0 Å². The molecule has 7 aromatic carbocycles. The molecule has 9 rings (SSSR count). The van der Waals surface area contributed by atoms with Crippen LogP contribution in [0, 0.1) is 0 Å². The number of fused-ring (bicyclic) bond motifs is 3. The molecule has 0 unspecified atom stereocenters. The van der Waals surface area contributed by atoms with Crippen LogP contribution in [0.5, 0.6) is 0 Å². The first-order chi connectivity index (χ1) is 28.0. The summed E-state index contributed by atoms with van der Waals surface area (Å²) in [5.41, 5.74) is 5.77. The minimum atomic E-state index is -0.498. The summed E-state index contributed by atoms with van der Waals surface area (Å²) in [6.45, 7) is 0. The van der Waals surface area contributed by atoms with Crippen molar-refractivity contribution in [1.82, 2.24) is 19.5 Å². The van der Waals surface area contributed by atoms with Crippen LogP contribution in [-0.2, 0) is 0 Å². The molecule has 0 saturated carbocycles. The topological polar surface area (TPSA) is 43.6 Å². The van der Waals surface area contributed by atoms with Gasteiger partial charge in [0.15, 0.2) is 17.5 Å². The average Bonchev–Trinajstić information content (AvgIpc) is 3.61. The highest BCUT2D eigenvalue weighted by molar-refractivity contribution is 6.10. The molecule has 0 aliphatic carbocycles. The standard InChI is InChI=1S/C45H30N4/c1-4-14-31(15-5-1)36-26-27-40-39-24-10-11-25-41(39)49(42(40)30-36)38-23-13-21-35(29-38)34-20-12-22-37(28-34)45-47-43(32-16-6-2-7-17-32)46-44(48-45)33-18-8-3-9-19-33/h1-30H/i1D,4D,5D,10D,11D,14D,15D,24D,25D. The molecular formula is C45H30N4. The summed E-state index contributed by atoms with van der Waals surface area (Å²) >= 11 is 0. The van der Waals surface area contributed by atoms with Crippen LogP contribution in [0.4, 0.5) is 0 Å². The van der Waals surface area contributed by atoms with E-state index in [2.05, 4.69) is 0 Å². The lowest BCUT2D eigenvalue weighted by molar-refractivity contribution is 1.07. The van der Waals surface area contributed by atoms with Crippen LogP contribution in [-0.4, -0.2) is 19.5 Å². The van der Waals surface area contributed by atoms with Gasteiger partial charge in [-0.15, -0.1) is 0 Å². The molecule has 9 aromatic rings. The van der Waals surface area contributed by atoms with Crippen LogP contribution in [0.15, 0.2) is 182 Å². The van der Waals surface area contributed by atoms with E-state index in [9.17, 15) is 0 Å². The van der Waals surface area contributed by atoms with Crippen LogP contribution in [0.1, 0.15) is 12.3 Å². The summed E-state index contributed by atoms with van der Waals surface area (Å²) in [7, 11) is 0. The third-order valence-corrected chi connectivity index (χ3v) is 8.45. The van der Waals surface area contributed by atoms with Gasteiger partial charge in [-0.25, -0.2) is 15.0 Å². The van der Waals surface area contributed by atoms with Crippen LogP contribution < -0.4 is 0 Å². The van der Waals surface area contributed by atoms with Gasteiger partial charge in [0.2, 0.25) is 0 Å². The van der Waals surface area contributed by atoms with Gasteiger partial charge in [0.1, 0.15) is 0 Å². The molecule has 4 heteroatoms. The van der Waals surface area contributed by atoms with Gasteiger partial charge < -0.3 is 4.57 Å². The van der Waals surface area contributed by atoms with Gasteiger partial charge in [-0.05, 0) is 52.6 Å². The molecule has 4 nitrogen and oxygen atoms in total. The molecule has 0 aliphatic heterocycles. The van der Waals surface area contributed by atoms with Crippen molar-refractivity contribution < 1.29 is 12.3 Å². The maximum Gasteiger partial charge on any atom is 0.164 e. The Kier molecular flexibility index (Phi) is 5.11. The largest absolute Gasteiger partial charge is 0.309 e. The van der Waals surface area contributed by atoms with Crippen molar-refractivity contribution in [1.29, 1.82) is 0 Å². The van der Waals surface area contributed by atoms with Crippen LogP contribution in [0.25, 0.3) is 83.9 Å². The molecule has 0 fully saturated rings. The van der Waals surface area contributed by atoms with Crippen LogP contribution >= 0.6 is 0 Å². The number of nitrogens with zero attached hydrogens (tertiary/aromatic N) is 4. The Labute approximate surface area is 297 Å². The Morgan fingerprint density at radius 2 is 0.918 bits per heavy atom. The van der Waals surface area contributed by atoms with E-state index in [4.69, 9.17) is 27.3 Å². The smallest absolute Gasteiger partial charge is 0.164 e. The lowest BCUT2D eigenvalue weighted by atomic mass is 10.0. The van der Waals surface area contributed by atoms with E-state index in [1.165, 1.54) is 0 Å². The third kappa shape index (κ3) is 5.35. The Morgan fingerprint density at radius 3 is 1.63 bits per heavy atom. The average molecular weight is 636 g/mol. The molecule has 0 bridgehead atoms. The summed E-state index contributed by atoms with van der Waals surface area (Å²) in [5, 5.41) is 0.822. The fraction of sp³-hybridized carbons (Fsp3) is 0. The van der Waals surface area contributed by atoms with Gasteiger partial charge >= 0.3 is 0 Å². The van der Waals surface area contributed by atoms with Gasteiger partial charge in [-0.2, -0.15) is 0 Å². The van der Waals surface area contributed by atoms with Gasteiger partial charge in [0, 0.05) is 33.2 Å². The van der Waals surface area contributed by atoms with Gasteiger partial charge in [0.05, 0.1) is 23.4 Å². The molecule has 0 spiro atoms. The zero-order valence-electron chi connectivity index (χ0n) is 34.9. The second-order valence-electron chi connectivity index (χ2n) is 11.5. The Bertz CT molecular complexity index is 3030. The fourth-order valence-corrected chi connectivity index (χ4v) is 6.14. The molecular weight excluding hydrogens is 597 g/mol. The maximum atomic E-state index is 9.05. The van der Waals surface area contributed by atoms with Crippen molar-refractivity contribution in [3.63, 3.8) is 0 Å². The lowest BCUT2D eigenvalue weighted by Crippen LogP contribution is -2.00. The fourth-order valence-electron chi connectivity index (χ4n) is 6.14. The molecule has 0 amide bonds. The van der Waals surface area contributed by atoms with E-state index >= 15 is 0 Å². The highest BCUT2D eigenvalue weighted by Crippen LogP contribution is 2.36. The SMILES string of the molecule is [2H]c1c([2H])c([2H])c(-c2ccc3c4c([2H])c([2H])c([2H])c([2H])c4n(-c4cccc(-c5cccc(-c6nc(-c7ccccc7)nc(-c7ccccc7)n6)c5)c4)c3c2)c([2H])c1[2H]. The highest BCUT2D eigenvalue weighted by atomic mass is 15.0. The molecule has 2 aromatic heterocycles. The van der Waals surface area contributed by atoms with Gasteiger partial charge in [-0.1, -0.05) is 151 Å². The Morgan fingerprint density at radius 1 is 0.367 bits per heavy atom. The predicted octanol–water partition coefficient (Wildman–Crippen LogP) is 11.3. The van der Waals surface area contributed by atoms with Crippen molar-refractivity contribution in [2.45, 2.75) is 0 Å². The minimum Gasteiger partial charge on any atom is -0.309 e. The lowest BCUT2D eigenvalue weighted by Gasteiger charge is -2.12. The van der Waals surface area contributed by atoms with Crippen molar-refractivity contribution in [3.8, 4) is 62.1 Å². The normalized spacial score (nSPS) is 13.8. The van der Waals surface area contributed by atoms with Gasteiger partial charge in [-0.3, -0.25) is 0 Å². The number of aromatic nitrogens is 4. The summed E-state index contributed by atoms with van der Waals surface area (Å²) in [6.07, 6.45) is 0. The molecule has 49 heavy (non-hydrogen) atoms. The summed E-state index contributed by atoms with van der Waals surface area (Å²) < 4.78 is 78.7. The molecule has 2 heterocycles. The Hall–Kier alpha value is -6.65. The molecule has 0 aliphatic rings. The summed E-state index contributed by atoms with van der Waals surface area (Å²) in [5.74, 6) is 1.57. The number of rotatable bonds is 6. The first-order valence-electron chi connectivity index (χ1n) is 20.2. The first-order valence-corrected chi connectivity index (χ1v) is 15.7. The molecule has 230 valence electrons. The Balaban J connectivity index is 1.23. The monoisotopic (exact) mass is 635 g/mol. The summed E-state index contributed by atoms with van der Waals surface area (Å²) in [6, 6.07) is 36.5. The molecule has 0 N–H and O–H groups in total. The number of hydrogen-bond acceptors (Lipinski definition) is 3. The van der Waals surface area contributed by atoms with E-state index < -0.39 is 24.2 Å². The molecule has 0 saturated heterocycles. The summed E-state index contributed by atoms with van der Waals surface area (Å²) in [4.78, 5) is 14.6. The van der Waals surface area contributed by atoms with Crippen molar-refractivity contribution >= 4 is 21.8 Å². The minimum absolute atomic E-state index is 0.0130. The first kappa shape index (κ1) is 20.6. The van der Waals surface area contributed by atoms with E-state index in [1.807, 2.05) is 109 Å². The van der Waals surface area contributed by atoms with E-state index in [-0.39, 0.29) is 41.3 Å². The molecule has 0 radical (unpaired) electrons. The third-order valence-electron chi connectivity index (χ3n) is 8.45. The van der Waals surface area contributed by atoms with Crippen molar-refractivity contribution in [2.75, 3.05) is 0 Å². The number of para-hydroxylation sites is 1. The van der Waals surface area contributed by atoms with E-state index in [1.54, 1.807) is 22.8 Å². The van der Waals surface area contributed by atoms with Crippen molar-refractivity contribution in [3.05, 3.63) is 182 Å². The number of hydrogen-bond donors (Lipinski definition) is 0. The van der Waals surface area contributed by atoms with Crippen molar-refractivity contribution in [2.24, 2.45) is 0 Å². The second-order valence-corrected chi connectivity index (χ2v) is 11.5. The second kappa shape index (κ2) is 12.2. The van der Waals surface area contributed by atoms with Crippen LogP contribution in [0.3, 0.4) is 0 Å².